The van der Waals surface area contributed by atoms with E-state index < -0.39 is 24.7 Å². The highest BCUT2D eigenvalue weighted by molar-refractivity contribution is 5.79. The minimum Gasteiger partial charge on any atom is -0.269 e. The fourth-order valence-corrected chi connectivity index (χ4v) is 0.389. The van der Waals surface area contributed by atoms with Crippen LogP contribution >= 0.6 is 0 Å². The van der Waals surface area contributed by atoms with Crippen molar-refractivity contribution in [1.29, 1.82) is 0 Å². The molecule has 0 aromatic rings. The van der Waals surface area contributed by atoms with Gasteiger partial charge in [-0.05, 0) is 0 Å². The molecular weight excluding hydrogens is 147 g/mol. The van der Waals surface area contributed by atoms with Gasteiger partial charge in [0.05, 0.1) is 6.67 Å². The number of hydrogen-bond donors (Lipinski definition) is 1. The summed E-state index contributed by atoms with van der Waals surface area (Å²) in [7, 11) is 0. The minimum atomic E-state index is -2.10. The van der Waals surface area contributed by atoms with Gasteiger partial charge in [-0.3, -0.25) is 9.18 Å². The van der Waals surface area contributed by atoms with Crippen LogP contribution in [0, 0.1) is 5.92 Å². The quantitative estimate of drug-likeness (QED) is 0.603. The van der Waals surface area contributed by atoms with Gasteiger partial charge in [-0.25, -0.2) is 4.39 Å². The molecule has 0 spiro atoms. The molecule has 5 heteroatoms. The Hall–Kier alpha value is -0.740. The number of halogens is 3. The Morgan fingerprint density at radius 3 is 2.50 bits per heavy atom. The zero-order valence-electron chi connectivity index (χ0n) is 5.40. The van der Waals surface area contributed by atoms with Crippen LogP contribution in [-0.2, 0) is 4.79 Å². The molecule has 0 saturated heterocycles. The van der Waals surface area contributed by atoms with Gasteiger partial charge in [0, 0.05) is 5.92 Å². The number of hydrogen-bond acceptors (Lipinski definition) is 1. The maximum atomic E-state index is 12.3. The van der Waals surface area contributed by atoms with Crippen LogP contribution in [-0.4, -0.2) is 18.8 Å². The molecule has 2 unspecified atom stereocenters. The van der Waals surface area contributed by atoms with Crippen LogP contribution in [0.1, 0.15) is 6.92 Å². The van der Waals surface area contributed by atoms with Crippen molar-refractivity contribution in [2.24, 2.45) is 5.92 Å². The Kier molecular flexibility index (Phi) is 3.83. The van der Waals surface area contributed by atoms with E-state index in [1.807, 2.05) is 0 Å². The van der Waals surface area contributed by atoms with Gasteiger partial charge in [-0.15, -0.1) is 4.48 Å². The van der Waals surface area contributed by atoms with Gasteiger partial charge >= 0.3 is 0 Å². The van der Waals surface area contributed by atoms with Crippen LogP contribution in [0.2, 0.25) is 0 Å². The van der Waals surface area contributed by atoms with E-state index in [-0.39, 0.29) is 0 Å². The lowest BCUT2D eigenvalue weighted by Gasteiger charge is -2.08. The summed E-state index contributed by atoms with van der Waals surface area (Å²) in [5, 5.41) is 0. The van der Waals surface area contributed by atoms with E-state index >= 15 is 0 Å². The number of amides is 1. The Morgan fingerprint density at radius 1 is 1.70 bits per heavy atom. The summed E-state index contributed by atoms with van der Waals surface area (Å²) in [4.78, 5) is 10.1. The third-order valence-electron chi connectivity index (χ3n) is 1.09. The average molecular weight is 155 g/mol. The summed E-state index contributed by atoms with van der Waals surface area (Å²) >= 11 is 0. The predicted octanol–water partition coefficient (Wildman–Crippen LogP) is 0.931. The van der Waals surface area contributed by atoms with Crippen molar-refractivity contribution in [3.8, 4) is 0 Å². The lowest BCUT2D eigenvalue weighted by atomic mass is 10.1. The van der Waals surface area contributed by atoms with E-state index in [4.69, 9.17) is 0 Å². The summed E-state index contributed by atoms with van der Waals surface area (Å²) in [6.45, 7) is 0.203. The van der Waals surface area contributed by atoms with Gasteiger partial charge in [0.25, 0.3) is 5.91 Å². The highest BCUT2D eigenvalue weighted by Crippen LogP contribution is 2.07. The number of rotatable bonds is 3. The Balaban J connectivity index is 3.81. The van der Waals surface area contributed by atoms with Crippen molar-refractivity contribution >= 4 is 5.91 Å². The third-order valence-corrected chi connectivity index (χ3v) is 1.09. The molecular formula is C5H8F3NO. The molecule has 0 saturated carbocycles. The number of nitrogens with one attached hydrogen (secondary N) is 1. The first-order valence-corrected chi connectivity index (χ1v) is 2.74. The van der Waals surface area contributed by atoms with E-state index in [0.29, 0.717) is 5.54 Å². The van der Waals surface area contributed by atoms with Crippen LogP contribution in [0.4, 0.5) is 13.3 Å². The second-order valence-corrected chi connectivity index (χ2v) is 1.99. The standard InChI is InChI=1S/C5H8F3NO/c1-3(2-6)4(7)5(10)9-8/h3-4H,2H2,1H3,(H,9,10). The molecule has 0 radical (unpaired) electrons. The van der Waals surface area contributed by atoms with E-state index in [0.717, 1.165) is 0 Å². The molecule has 0 aliphatic heterocycles. The maximum Gasteiger partial charge on any atom is 0.282 e. The number of carbonyl (C=O) groups is 1. The van der Waals surface area contributed by atoms with Crippen molar-refractivity contribution < 1.29 is 18.1 Å². The predicted molar refractivity (Wildman–Crippen MR) is 29.3 cm³/mol. The van der Waals surface area contributed by atoms with Gasteiger partial charge < -0.3 is 0 Å². The monoisotopic (exact) mass is 155 g/mol. The van der Waals surface area contributed by atoms with E-state index in [2.05, 4.69) is 0 Å². The molecule has 0 fully saturated rings. The molecule has 60 valence electrons. The van der Waals surface area contributed by atoms with E-state index in [1.165, 1.54) is 6.92 Å². The molecule has 0 aliphatic carbocycles. The smallest absolute Gasteiger partial charge is 0.269 e. The third kappa shape index (κ3) is 2.24. The summed E-state index contributed by atoms with van der Waals surface area (Å²) in [5.74, 6) is -2.51. The van der Waals surface area contributed by atoms with Crippen molar-refractivity contribution in [2.45, 2.75) is 13.1 Å². The van der Waals surface area contributed by atoms with Crippen LogP contribution in [0.25, 0.3) is 0 Å². The number of alkyl halides is 2. The number of carbonyl (C=O) groups excluding carboxylic acids is 1. The summed E-state index contributed by atoms with van der Waals surface area (Å²) in [6.07, 6.45) is -2.10. The van der Waals surface area contributed by atoms with Gasteiger partial charge in [0.1, 0.15) is 0 Å². The van der Waals surface area contributed by atoms with E-state index in [1.54, 1.807) is 0 Å². The van der Waals surface area contributed by atoms with Gasteiger partial charge in [0.2, 0.25) is 0 Å². The molecule has 10 heavy (non-hydrogen) atoms. The average Bonchev–Trinajstić information content (AvgIpc) is 2.00. The van der Waals surface area contributed by atoms with Gasteiger partial charge in [-0.1, -0.05) is 6.92 Å². The SMILES string of the molecule is CC(CF)C(F)C(=O)NF. The molecule has 0 bridgehead atoms. The van der Waals surface area contributed by atoms with Crippen molar-refractivity contribution in [3.63, 3.8) is 0 Å². The molecule has 0 heterocycles. The first-order chi connectivity index (χ1) is 4.63. The molecule has 1 amide bonds. The Morgan fingerprint density at radius 2 is 2.20 bits per heavy atom. The zero-order chi connectivity index (χ0) is 8.15. The first-order valence-electron chi connectivity index (χ1n) is 2.74. The summed E-state index contributed by atoms with van der Waals surface area (Å²) in [6, 6.07) is 0. The van der Waals surface area contributed by atoms with Crippen LogP contribution in [0.15, 0.2) is 0 Å². The first kappa shape index (κ1) is 9.26. The summed E-state index contributed by atoms with van der Waals surface area (Å²) < 4.78 is 35.1. The highest BCUT2D eigenvalue weighted by Gasteiger charge is 2.24. The van der Waals surface area contributed by atoms with Crippen molar-refractivity contribution in [2.75, 3.05) is 6.67 Å². The fourth-order valence-electron chi connectivity index (χ4n) is 0.389. The lowest BCUT2D eigenvalue weighted by Crippen LogP contribution is -2.32. The Labute approximate surface area is 56.3 Å². The molecule has 0 aromatic carbocycles. The maximum absolute atomic E-state index is 12.3. The van der Waals surface area contributed by atoms with Gasteiger partial charge in [-0.2, -0.15) is 5.54 Å². The highest BCUT2D eigenvalue weighted by atomic mass is 19.2. The molecule has 2 nitrogen and oxygen atoms in total. The Bertz CT molecular complexity index is 119. The van der Waals surface area contributed by atoms with E-state index in [9.17, 15) is 18.1 Å². The molecule has 0 aliphatic rings. The van der Waals surface area contributed by atoms with Gasteiger partial charge in [0.15, 0.2) is 6.17 Å². The minimum absolute atomic E-state index is 0.599. The topological polar surface area (TPSA) is 29.1 Å². The second-order valence-electron chi connectivity index (χ2n) is 1.99. The summed E-state index contributed by atoms with van der Waals surface area (Å²) in [5.41, 5.74) is 0.599. The molecule has 2 atom stereocenters. The normalized spacial score (nSPS) is 16.0. The fraction of sp³-hybridized carbons (Fsp3) is 0.800. The second kappa shape index (κ2) is 4.14. The zero-order valence-corrected chi connectivity index (χ0v) is 5.40. The largest absolute Gasteiger partial charge is 0.282 e. The lowest BCUT2D eigenvalue weighted by molar-refractivity contribution is -0.132. The van der Waals surface area contributed by atoms with Crippen molar-refractivity contribution in [3.05, 3.63) is 0 Å². The molecule has 0 aromatic heterocycles. The molecule has 0 rings (SSSR count). The van der Waals surface area contributed by atoms with Crippen LogP contribution in [0.3, 0.4) is 0 Å². The van der Waals surface area contributed by atoms with Crippen LogP contribution < -0.4 is 5.54 Å². The van der Waals surface area contributed by atoms with Crippen LogP contribution in [0.5, 0.6) is 0 Å². The van der Waals surface area contributed by atoms with Crippen molar-refractivity contribution in [1.82, 2.24) is 5.54 Å². The molecule has 1 N–H and O–H groups in total.